The molecule has 0 aliphatic carbocycles. The molecule has 21 heavy (non-hydrogen) atoms. The lowest BCUT2D eigenvalue weighted by Crippen LogP contribution is -2.34. The lowest BCUT2D eigenvalue weighted by molar-refractivity contribution is -0.142. The van der Waals surface area contributed by atoms with E-state index in [1.807, 2.05) is 35.0 Å². The van der Waals surface area contributed by atoms with Gasteiger partial charge in [-0.1, -0.05) is 29.3 Å². The number of nitrogens with zero attached hydrogens (tertiary/aromatic N) is 1. The van der Waals surface area contributed by atoms with Gasteiger partial charge in [0.15, 0.2) is 0 Å². The molecule has 0 aliphatic heterocycles. The van der Waals surface area contributed by atoms with Crippen LogP contribution < -0.4 is 5.73 Å². The lowest BCUT2D eigenvalue weighted by atomic mass is 10.1. The number of hydrogen-bond acceptors (Lipinski definition) is 3. The molecule has 1 unspecified atom stereocenters. The second-order valence-electron chi connectivity index (χ2n) is 4.71. The number of esters is 1. The smallest absolute Gasteiger partial charge is 0.323 e. The summed E-state index contributed by atoms with van der Waals surface area (Å²) < 4.78 is 6.66. The van der Waals surface area contributed by atoms with E-state index in [1.165, 1.54) is 7.11 Å². The monoisotopic (exact) mass is 326 g/mol. The van der Waals surface area contributed by atoms with Gasteiger partial charge in [0.1, 0.15) is 6.04 Å². The van der Waals surface area contributed by atoms with Crippen LogP contribution in [0.25, 0.3) is 0 Å². The molecule has 0 aliphatic rings. The van der Waals surface area contributed by atoms with E-state index in [1.54, 1.807) is 6.07 Å². The minimum absolute atomic E-state index is 0.418. The Hall–Kier alpha value is -1.49. The van der Waals surface area contributed by atoms with Crippen molar-refractivity contribution in [3.8, 4) is 0 Å². The first-order valence-electron chi connectivity index (χ1n) is 6.42. The van der Waals surface area contributed by atoms with Crippen molar-refractivity contribution in [1.29, 1.82) is 0 Å². The number of ether oxygens (including phenoxy) is 1. The van der Waals surface area contributed by atoms with Crippen molar-refractivity contribution in [1.82, 2.24) is 4.57 Å². The summed E-state index contributed by atoms with van der Waals surface area (Å²) in [5.41, 5.74) is 7.78. The standard InChI is InChI=1S/C15H16Cl2N2O2/c1-21-15(20)14(18)8-11-3-2-6-19(11)9-10-4-5-12(16)13(17)7-10/h2-7,14H,8-9,18H2,1H3. The number of hydrogen-bond donors (Lipinski definition) is 1. The minimum Gasteiger partial charge on any atom is -0.468 e. The summed E-state index contributed by atoms with van der Waals surface area (Å²) in [6.45, 7) is 0.632. The zero-order valence-corrected chi connectivity index (χ0v) is 13.1. The Morgan fingerprint density at radius 1 is 1.33 bits per heavy atom. The molecule has 0 spiro atoms. The van der Waals surface area contributed by atoms with Gasteiger partial charge in [-0.15, -0.1) is 0 Å². The fourth-order valence-corrected chi connectivity index (χ4v) is 2.40. The van der Waals surface area contributed by atoms with Crippen LogP contribution in [0.3, 0.4) is 0 Å². The fraction of sp³-hybridized carbons (Fsp3) is 0.267. The number of aromatic nitrogens is 1. The average molecular weight is 327 g/mol. The molecule has 2 aromatic rings. The normalized spacial score (nSPS) is 12.2. The third-order valence-corrected chi connectivity index (χ3v) is 3.93. The Labute approximate surface area is 133 Å². The van der Waals surface area contributed by atoms with Gasteiger partial charge < -0.3 is 15.0 Å². The van der Waals surface area contributed by atoms with Gasteiger partial charge in [0.2, 0.25) is 0 Å². The van der Waals surface area contributed by atoms with Gasteiger partial charge >= 0.3 is 5.97 Å². The van der Waals surface area contributed by atoms with Gasteiger partial charge in [-0.05, 0) is 29.8 Å². The Balaban J connectivity index is 2.13. The van der Waals surface area contributed by atoms with Crippen molar-refractivity contribution >= 4 is 29.2 Å². The van der Waals surface area contributed by atoms with Gasteiger partial charge in [0.05, 0.1) is 17.2 Å². The Morgan fingerprint density at radius 3 is 2.76 bits per heavy atom. The summed E-state index contributed by atoms with van der Waals surface area (Å²) in [7, 11) is 1.33. The molecule has 0 saturated carbocycles. The molecular formula is C15H16Cl2N2O2. The molecule has 0 amide bonds. The molecule has 1 atom stereocenters. The second-order valence-corrected chi connectivity index (χ2v) is 5.52. The molecule has 112 valence electrons. The average Bonchev–Trinajstić information content (AvgIpc) is 2.89. The maximum Gasteiger partial charge on any atom is 0.323 e. The topological polar surface area (TPSA) is 57.2 Å². The largest absolute Gasteiger partial charge is 0.468 e. The van der Waals surface area contributed by atoms with Crippen molar-refractivity contribution in [2.24, 2.45) is 5.73 Å². The number of carbonyl (C=O) groups excluding carboxylic acids is 1. The van der Waals surface area contributed by atoms with Crippen LogP contribution in [0.1, 0.15) is 11.3 Å². The molecule has 1 aromatic heterocycles. The predicted molar refractivity (Wildman–Crippen MR) is 83.7 cm³/mol. The van der Waals surface area contributed by atoms with Crippen molar-refractivity contribution in [2.75, 3.05) is 7.11 Å². The summed E-state index contributed by atoms with van der Waals surface area (Å²) in [5.74, 6) is -0.419. The van der Waals surface area contributed by atoms with E-state index in [9.17, 15) is 4.79 Å². The number of methoxy groups -OCH3 is 1. The molecule has 6 heteroatoms. The second kappa shape index (κ2) is 6.98. The third kappa shape index (κ3) is 4.00. The van der Waals surface area contributed by atoms with Gasteiger partial charge in [0, 0.05) is 24.9 Å². The maximum absolute atomic E-state index is 11.4. The van der Waals surface area contributed by atoms with Crippen molar-refractivity contribution in [3.05, 3.63) is 57.8 Å². The van der Waals surface area contributed by atoms with Gasteiger partial charge in [-0.2, -0.15) is 0 Å². The van der Waals surface area contributed by atoms with Crippen LogP contribution in [0, 0.1) is 0 Å². The van der Waals surface area contributed by atoms with Crippen LogP contribution >= 0.6 is 23.2 Å². The molecule has 0 radical (unpaired) electrons. The summed E-state index contributed by atoms with van der Waals surface area (Å²) in [4.78, 5) is 11.4. The molecule has 1 aromatic carbocycles. The van der Waals surface area contributed by atoms with E-state index >= 15 is 0 Å². The summed E-state index contributed by atoms with van der Waals surface area (Å²) >= 11 is 11.9. The molecule has 0 bridgehead atoms. The Bertz CT molecular complexity index is 640. The zero-order chi connectivity index (χ0) is 15.4. The predicted octanol–water partition coefficient (Wildman–Crippen LogP) is 2.89. The minimum atomic E-state index is -0.669. The van der Waals surface area contributed by atoms with Crippen LogP contribution in [0.4, 0.5) is 0 Å². The summed E-state index contributed by atoms with van der Waals surface area (Å²) in [5, 5.41) is 1.05. The van der Waals surface area contributed by atoms with E-state index in [2.05, 4.69) is 4.74 Å². The van der Waals surface area contributed by atoms with E-state index in [-0.39, 0.29) is 0 Å². The number of carbonyl (C=O) groups is 1. The first-order valence-corrected chi connectivity index (χ1v) is 7.18. The number of halogens is 2. The Morgan fingerprint density at radius 2 is 2.10 bits per heavy atom. The van der Waals surface area contributed by atoms with Crippen molar-refractivity contribution in [2.45, 2.75) is 19.0 Å². The first-order chi connectivity index (χ1) is 10.0. The van der Waals surface area contributed by atoms with Crippen LogP contribution in [-0.4, -0.2) is 23.7 Å². The zero-order valence-electron chi connectivity index (χ0n) is 11.6. The van der Waals surface area contributed by atoms with Gasteiger partial charge in [-0.25, -0.2) is 0 Å². The maximum atomic E-state index is 11.4. The Kier molecular flexibility index (Phi) is 5.28. The van der Waals surface area contributed by atoms with Crippen LogP contribution in [0.5, 0.6) is 0 Å². The molecular weight excluding hydrogens is 311 g/mol. The highest BCUT2D eigenvalue weighted by molar-refractivity contribution is 6.42. The van der Waals surface area contributed by atoms with Crippen molar-refractivity contribution in [3.63, 3.8) is 0 Å². The van der Waals surface area contributed by atoms with E-state index in [4.69, 9.17) is 28.9 Å². The molecule has 4 nitrogen and oxygen atoms in total. The SMILES string of the molecule is COC(=O)C(N)Cc1cccn1Cc1ccc(Cl)c(Cl)c1. The number of benzene rings is 1. The van der Waals surface area contributed by atoms with Crippen LogP contribution in [-0.2, 0) is 22.5 Å². The van der Waals surface area contributed by atoms with E-state index in [0.29, 0.717) is 23.0 Å². The molecule has 1 heterocycles. The highest BCUT2D eigenvalue weighted by Gasteiger charge is 2.16. The highest BCUT2D eigenvalue weighted by atomic mass is 35.5. The van der Waals surface area contributed by atoms with E-state index in [0.717, 1.165) is 11.3 Å². The first kappa shape index (κ1) is 15.9. The quantitative estimate of drug-likeness (QED) is 0.859. The van der Waals surface area contributed by atoms with Crippen LogP contribution in [0.15, 0.2) is 36.5 Å². The van der Waals surface area contributed by atoms with Crippen molar-refractivity contribution < 1.29 is 9.53 Å². The van der Waals surface area contributed by atoms with Gasteiger partial charge in [-0.3, -0.25) is 4.79 Å². The molecule has 2 N–H and O–H groups in total. The molecule has 2 rings (SSSR count). The number of nitrogens with two attached hydrogens (primary N) is 1. The van der Waals surface area contributed by atoms with E-state index < -0.39 is 12.0 Å². The summed E-state index contributed by atoms with van der Waals surface area (Å²) in [6, 6.07) is 8.68. The highest BCUT2D eigenvalue weighted by Crippen LogP contribution is 2.23. The molecule has 0 saturated heterocycles. The molecule has 0 fully saturated rings. The van der Waals surface area contributed by atoms with Gasteiger partial charge in [0.25, 0.3) is 0 Å². The number of rotatable bonds is 5. The third-order valence-electron chi connectivity index (χ3n) is 3.19. The van der Waals surface area contributed by atoms with Crippen LogP contribution in [0.2, 0.25) is 10.0 Å². The fourth-order valence-electron chi connectivity index (χ4n) is 2.08. The summed E-state index contributed by atoms with van der Waals surface area (Å²) in [6.07, 6.45) is 2.35. The lowest BCUT2D eigenvalue weighted by Gasteiger charge is -2.13.